The third kappa shape index (κ3) is 5.43. The molecule has 1 heteroatoms. The van der Waals surface area contributed by atoms with Gasteiger partial charge in [0.1, 0.15) is 0 Å². The van der Waals surface area contributed by atoms with Crippen LogP contribution in [0.25, 0.3) is 0 Å². The summed E-state index contributed by atoms with van der Waals surface area (Å²) < 4.78 is 5.85. The Morgan fingerprint density at radius 2 is 2.12 bits per heavy atom. The molecule has 0 amide bonds. The highest BCUT2D eigenvalue weighted by Crippen LogP contribution is 2.36. The van der Waals surface area contributed by atoms with Crippen LogP contribution in [-0.4, -0.2) is 6.61 Å². The Balaban J connectivity index is 2.05. The average Bonchev–Trinajstić information content (AvgIpc) is 2.35. The van der Waals surface area contributed by atoms with E-state index in [1.54, 1.807) is 0 Å². The minimum absolute atomic E-state index is 0.696. The van der Waals surface area contributed by atoms with Crippen LogP contribution in [0.3, 0.4) is 0 Å². The molecule has 0 bridgehead atoms. The van der Waals surface area contributed by atoms with Gasteiger partial charge in [-0.1, -0.05) is 44.8 Å². The van der Waals surface area contributed by atoms with Gasteiger partial charge in [0.15, 0.2) is 0 Å². The highest BCUT2D eigenvalue weighted by atomic mass is 16.5. The van der Waals surface area contributed by atoms with Crippen LogP contribution in [0, 0.1) is 5.92 Å². The molecule has 0 spiro atoms. The Bertz CT molecular complexity index is 252. The van der Waals surface area contributed by atoms with Crippen molar-refractivity contribution < 1.29 is 4.74 Å². The third-order valence-corrected chi connectivity index (χ3v) is 3.70. The summed E-state index contributed by atoms with van der Waals surface area (Å²) in [5, 5.41) is 0. The summed E-state index contributed by atoms with van der Waals surface area (Å²) in [6.45, 7) is 9.30. The number of hydrogen-bond donors (Lipinski definition) is 0. The zero-order chi connectivity index (χ0) is 12.5. The van der Waals surface area contributed by atoms with Crippen LogP contribution in [0.1, 0.15) is 65.2 Å². The SMILES string of the molecule is C=C1CCC1C/C(=C\C)OCCCCCCC. The Morgan fingerprint density at radius 3 is 2.65 bits per heavy atom. The smallest absolute Gasteiger partial charge is 0.0923 e. The average molecular weight is 236 g/mol. The van der Waals surface area contributed by atoms with Gasteiger partial charge in [0.2, 0.25) is 0 Å². The topological polar surface area (TPSA) is 9.23 Å². The predicted octanol–water partition coefficient (Wildman–Crippen LogP) is 5.23. The first-order valence-corrected chi connectivity index (χ1v) is 7.23. The monoisotopic (exact) mass is 236 g/mol. The second-order valence-corrected chi connectivity index (χ2v) is 5.12. The van der Waals surface area contributed by atoms with E-state index in [9.17, 15) is 0 Å². The van der Waals surface area contributed by atoms with E-state index in [-0.39, 0.29) is 0 Å². The molecule has 1 rings (SSSR count). The van der Waals surface area contributed by atoms with Gasteiger partial charge < -0.3 is 4.74 Å². The fraction of sp³-hybridized carbons (Fsp3) is 0.750. The lowest BCUT2D eigenvalue weighted by Gasteiger charge is -2.29. The van der Waals surface area contributed by atoms with Crippen LogP contribution in [0.2, 0.25) is 0 Å². The van der Waals surface area contributed by atoms with E-state index in [0.717, 1.165) is 13.0 Å². The first kappa shape index (κ1) is 14.3. The van der Waals surface area contributed by atoms with Crippen LogP contribution in [0.4, 0.5) is 0 Å². The van der Waals surface area contributed by atoms with Gasteiger partial charge in [0.25, 0.3) is 0 Å². The summed E-state index contributed by atoms with van der Waals surface area (Å²) in [6, 6.07) is 0. The molecule has 1 atom stereocenters. The van der Waals surface area contributed by atoms with E-state index >= 15 is 0 Å². The highest BCUT2D eigenvalue weighted by Gasteiger charge is 2.23. The van der Waals surface area contributed by atoms with Crippen molar-refractivity contribution in [2.24, 2.45) is 5.92 Å². The van der Waals surface area contributed by atoms with Gasteiger partial charge in [-0.2, -0.15) is 0 Å². The molecule has 0 saturated heterocycles. The predicted molar refractivity (Wildman–Crippen MR) is 74.9 cm³/mol. The van der Waals surface area contributed by atoms with Crippen LogP contribution >= 0.6 is 0 Å². The normalized spacial score (nSPS) is 20.2. The maximum atomic E-state index is 5.85. The van der Waals surface area contributed by atoms with Gasteiger partial charge in [-0.05, 0) is 38.2 Å². The second-order valence-electron chi connectivity index (χ2n) is 5.12. The van der Waals surface area contributed by atoms with E-state index in [0.29, 0.717) is 5.92 Å². The Hall–Kier alpha value is -0.720. The van der Waals surface area contributed by atoms with Crippen LogP contribution in [0.5, 0.6) is 0 Å². The maximum Gasteiger partial charge on any atom is 0.0923 e. The van der Waals surface area contributed by atoms with Gasteiger partial charge in [-0.25, -0.2) is 0 Å². The molecule has 1 nitrogen and oxygen atoms in total. The van der Waals surface area contributed by atoms with Crippen LogP contribution in [0.15, 0.2) is 24.0 Å². The molecular weight excluding hydrogens is 208 g/mol. The Labute approximate surface area is 107 Å². The molecule has 1 aliphatic rings. The summed E-state index contributed by atoms with van der Waals surface area (Å²) in [4.78, 5) is 0. The largest absolute Gasteiger partial charge is 0.498 e. The first-order valence-electron chi connectivity index (χ1n) is 7.23. The third-order valence-electron chi connectivity index (χ3n) is 3.70. The second kappa shape index (κ2) is 8.38. The van der Waals surface area contributed by atoms with E-state index in [2.05, 4.69) is 26.5 Å². The molecule has 0 aromatic carbocycles. The first-order chi connectivity index (χ1) is 8.27. The molecule has 1 aliphatic carbocycles. The van der Waals surface area contributed by atoms with Crippen molar-refractivity contribution in [1.29, 1.82) is 0 Å². The van der Waals surface area contributed by atoms with Crippen molar-refractivity contribution in [3.8, 4) is 0 Å². The van der Waals surface area contributed by atoms with Crippen LogP contribution in [-0.2, 0) is 4.74 Å². The van der Waals surface area contributed by atoms with Crippen molar-refractivity contribution >= 4 is 0 Å². The molecule has 0 radical (unpaired) electrons. The summed E-state index contributed by atoms with van der Waals surface area (Å²) in [5.41, 5.74) is 1.41. The molecule has 98 valence electrons. The fourth-order valence-corrected chi connectivity index (χ4v) is 2.21. The Morgan fingerprint density at radius 1 is 1.35 bits per heavy atom. The van der Waals surface area contributed by atoms with Crippen molar-refractivity contribution in [3.63, 3.8) is 0 Å². The molecule has 1 saturated carbocycles. The molecule has 0 aromatic heterocycles. The van der Waals surface area contributed by atoms with Crippen molar-refractivity contribution in [2.45, 2.75) is 65.2 Å². The van der Waals surface area contributed by atoms with E-state index in [1.165, 1.54) is 56.3 Å². The van der Waals surface area contributed by atoms with E-state index in [1.807, 2.05) is 0 Å². The molecule has 0 heterocycles. The summed E-state index contributed by atoms with van der Waals surface area (Å²) >= 11 is 0. The maximum absolute atomic E-state index is 5.85. The number of allylic oxidation sites excluding steroid dienone is 3. The van der Waals surface area contributed by atoms with Crippen molar-refractivity contribution in [1.82, 2.24) is 0 Å². The van der Waals surface area contributed by atoms with Gasteiger partial charge in [0.05, 0.1) is 12.4 Å². The number of ether oxygens (including phenoxy) is 1. The van der Waals surface area contributed by atoms with Gasteiger partial charge in [0, 0.05) is 6.42 Å². The quantitative estimate of drug-likeness (QED) is 0.302. The minimum Gasteiger partial charge on any atom is -0.498 e. The van der Waals surface area contributed by atoms with E-state index in [4.69, 9.17) is 4.74 Å². The van der Waals surface area contributed by atoms with E-state index < -0.39 is 0 Å². The van der Waals surface area contributed by atoms with Gasteiger partial charge >= 0.3 is 0 Å². The molecular formula is C16H28O. The fourth-order valence-electron chi connectivity index (χ4n) is 2.21. The molecule has 0 aliphatic heterocycles. The molecule has 0 N–H and O–H groups in total. The molecule has 0 aromatic rings. The number of hydrogen-bond acceptors (Lipinski definition) is 1. The highest BCUT2D eigenvalue weighted by molar-refractivity contribution is 5.13. The zero-order valence-corrected chi connectivity index (χ0v) is 11.6. The lowest BCUT2D eigenvalue weighted by molar-refractivity contribution is 0.182. The van der Waals surface area contributed by atoms with Crippen molar-refractivity contribution in [2.75, 3.05) is 6.61 Å². The molecule has 1 fully saturated rings. The van der Waals surface area contributed by atoms with Crippen molar-refractivity contribution in [3.05, 3.63) is 24.0 Å². The number of unbranched alkanes of at least 4 members (excludes halogenated alkanes) is 4. The Kier molecular flexibility index (Phi) is 7.07. The lowest BCUT2D eigenvalue weighted by atomic mass is 9.78. The zero-order valence-electron chi connectivity index (χ0n) is 11.6. The van der Waals surface area contributed by atoms with Gasteiger partial charge in [-0.3, -0.25) is 0 Å². The summed E-state index contributed by atoms with van der Waals surface area (Å²) in [7, 11) is 0. The standard InChI is InChI=1S/C16H28O/c1-4-6-7-8-9-12-17-16(5-2)13-15-11-10-14(15)3/h5,15H,3-4,6-13H2,1-2H3/b16-5+. The van der Waals surface area contributed by atoms with Gasteiger partial charge in [-0.15, -0.1) is 0 Å². The number of rotatable bonds is 9. The summed E-state index contributed by atoms with van der Waals surface area (Å²) in [5.74, 6) is 1.87. The molecule has 17 heavy (non-hydrogen) atoms. The lowest BCUT2D eigenvalue weighted by Crippen LogP contribution is -2.16. The summed E-state index contributed by atoms with van der Waals surface area (Å²) in [6.07, 6.45) is 12.2. The molecule has 1 unspecified atom stereocenters. The van der Waals surface area contributed by atoms with Crippen LogP contribution < -0.4 is 0 Å². The minimum atomic E-state index is 0.696.